The lowest BCUT2D eigenvalue weighted by atomic mass is 9.89. The van der Waals surface area contributed by atoms with Crippen LogP contribution in [-0.2, 0) is 32.7 Å². The van der Waals surface area contributed by atoms with E-state index < -0.39 is 50.8 Å². The number of likely N-dealkylation sites (N-methyl/N-ethyl adjacent to an activating group) is 1. The average molecular weight is 881 g/mol. The van der Waals surface area contributed by atoms with Crippen LogP contribution in [0.4, 0.5) is 0 Å². The zero-order valence-corrected chi connectivity index (χ0v) is 39.1. The van der Waals surface area contributed by atoms with Crippen molar-refractivity contribution in [1.82, 2.24) is 0 Å². The number of rotatable bonds is 36. The lowest BCUT2D eigenvalue weighted by Crippen LogP contribution is -2.37. The molecule has 0 spiro atoms. The number of allylic oxidation sites excluding steroid dienone is 9. The number of aliphatic hydroxyl groups excluding tert-OH is 3. The van der Waals surface area contributed by atoms with E-state index in [9.17, 15) is 34.4 Å². The van der Waals surface area contributed by atoms with E-state index >= 15 is 0 Å². The van der Waals surface area contributed by atoms with Crippen molar-refractivity contribution in [2.24, 2.45) is 11.8 Å². The van der Waals surface area contributed by atoms with Crippen molar-refractivity contribution in [3.8, 4) is 0 Å². The Morgan fingerprint density at radius 2 is 1.34 bits per heavy atom. The molecule has 0 bridgehead atoms. The van der Waals surface area contributed by atoms with Crippen LogP contribution in [-0.4, -0.2) is 109 Å². The van der Waals surface area contributed by atoms with E-state index in [0.29, 0.717) is 30.3 Å². The third-order valence-electron chi connectivity index (χ3n) is 10.3. The number of quaternary nitrogens is 1. The number of esters is 2. The van der Waals surface area contributed by atoms with E-state index in [0.717, 1.165) is 57.8 Å². The van der Waals surface area contributed by atoms with Crippen LogP contribution >= 0.6 is 7.82 Å². The first-order valence-electron chi connectivity index (χ1n) is 22.9. The summed E-state index contributed by atoms with van der Waals surface area (Å²) in [6, 6.07) is 0. The summed E-state index contributed by atoms with van der Waals surface area (Å²) >= 11 is 0. The molecular formula is C48H83NO11P+. The first kappa shape index (κ1) is 56.3. The lowest BCUT2D eigenvalue weighted by Gasteiger charge is -2.24. The molecule has 350 valence electrons. The first-order valence-corrected chi connectivity index (χ1v) is 24.4. The van der Waals surface area contributed by atoms with Gasteiger partial charge in [-0.25, -0.2) is 4.57 Å². The van der Waals surface area contributed by atoms with Crippen molar-refractivity contribution in [2.75, 3.05) is 47.5 Å². The maximum absolute atomic E-state index is 12.8. The van der Waals surface area contributed by atoms with Gasteiger partial charge in [0.15, 0.2) is 6.10 Å². The summed E-state index contributed by atoms with van der Waals surface area (Å²) in [5.74, 6) is -1.75. The fourth-order valence-corrected chi connectivity index (χ4v) is 7.36. The third-order valence-corrected chi connectivity index (χ3v) is 11.3. The highest BCUT2D eigenvalue weighted by Crippen LogP contribution is 2.43. The average Bonchev–Trinajstić information content (AvgIpc) is 3.47. The van der Waals surface area contributed by atoms with Crippen LogP contribution in [0.3, 0.4) is 0 Å². The maximum atomic E-state index is 12.8. The second-order valence-electron chi connectivity index (χ2n) is 17.1. The summed E-state index contributed by atoms with van der Waals surface area (Å²) in [6.45, 7) is 3.85. The molecule has 0 amide bonds. The fourth-order valence-electron chi connectivity index (χ4n) is 6.62. The Kier molecular flexibility index (Phi) is 32.1. The van der Waals surface area contributed by atoms with Crippen LogP contribution < -0.4 is 0 Å². The molecule has 1 unspecified atom stereocenters. The molecule has 7 atom stereocenters. The van der Waals surface area contributed by atoms with Crippen LogP contribution in [0.2, 0.25) is 0 Å². The molecule has 0 heterocycles. The summed E-state index contributed by atoms with van der Waals surface area (Å²) < 4.78 is 34.2. The van der Waals surface area contributed by atoms with Gasteiger partial charge in [-0.3, -0.25) is 18.6 Å². The van der Waals surface area contributed by atoms with Gasteiger partial charge < -0.3 is 34.2 Å². The molecule has 4 N–H and O–H groups in total. The van der Waals surface area contributed by atoms with Gasteiger partial charge in [0.25, 0.3) is 0 Å². The van der Waals surface area contributed by atoms with Gasteiger partial charge in [0.2, 0.25) is 0 Å². The Bertz CT molecular complexity index is 1390. The van der Waals surface area contributed by atoms with Crippen molar-refractivity contribution in [3.05, 3.63) is 72.9 Å². The molecule has 0 aliphatic heterocycles. The Morgan fingerprint density at radius 3 is 1.97 bits per heavy atom. The molecule has 1 fully saturated rings. The minimum absolute atomic E-state index is 0.0288. The highest BCUT2D eigenvalue weighted by Gasteiger charge is 2.39. The summed E-state index contributed by atoms with van der Waals surface area (Å²) in [6.07, 6.45) is 36.5. The molecule has 0 aromatic heterocycles. The van der Waals surface area contributed by atoms with Gasteiger partial charge in [-0.05, 0) is 70.1 Å². The molecular weight excluding hydrogens is 797 g/mol. The number of nitrogens with zero attached hydrogens (tertiary/aromatic N) is 1. The van der Waals surface area contributed by atoms with E-state index in [1.54, 1.807) is 24.3 Å². The SMILES string of the molecule is CCCCC/C=C\C/C=C\C/C=C\C/C=C\CCCCCC(=O)O[C@H](COC(=O)C/C=C\C[C@H]1[C@@H](/C=C/[C@H](O)CCCCC)[C@H](O)C[C@@H]1O)COP(=O)(O)OCC[N+](C)(C)C. The molecule has 61 heavy (non-hydrogen) atoms. The molecule has 1 aliphatic rings. The predicted molar refractivity (Wildman–Crippen MR) is 244 cm³/mol. The molecule has 0 saturated heterocycles. The van der Waals surface area contributed by atoms with Crippen molar-refractivity contribution in [1.29, 1.82) is 0 Å². The van der Waals surface area contributed by atoms with Crippen LogP contribution in [0.1, 0.15) is 136 Å². The quantitative estimate of drug-likeness (QED) is 0.0156. The summed E-state index contributed by atoms with van der Waals surface area (Å²) in [5, 5.41) is 31.4. The molecule has 1 rings (SSSR count). The number of phosphoric ester groups is 1. The van der Waals surface area contributed by atoms with Crippen molar-refractivity contribution < 1.29 is 57.4 Å². The first-order chi connectivity index (χ1) is 29.2. The van der Waals surface area contributed by atoms with E-state index in [4.69, 9.17) is 18.5 Å². The van der Waals surface area contributed by atoms with Gasteiger partial charge in [-0.15, -0.1) is 0 Å². The van der Waals surface area contributed by atoms with Gasteiger partial charge in [0.1, 0.15) is 19.8 Å². The van der Waals surface area contributed by atoms with Crippen molar-refractivity contribution >= 4 is 19.8 Å². The zero-order chi connectivity index (χ0) is 45.2. The molecule has 0 aromatic rings. The Morgan fingerprint density at radius 1 is 0.738 bits per heavy atom. The summed E-state index contributed by atoms with van der Waals surface area (Å²) in [5.41, 5.74) is 0. The Labute approximate surface area is 368 Å². The second kappa shape index (κ2) is 34.8. The van der Waals surface area contributed by atoms with E-state index in [-0.39, 0.29) is 44.3 Å². The smallest absolute Gasteiger partial charge is 0.461 e. The number of hydrogen-bond acceptors (Lipinski definition) is 10. The van der Waals surface area contributed by atoms with E-state index in [2.05, 4.69) is 62.5 Å². The molecule has 12 nitrogen and oxygen atoms in total. The Hall–Kier alpha value is -2.67. The van der Waals surface area contributed by atoms with Gasteiger partial charge in [-0.2, -0.15) is 0 Å². The van der Waals surface area contributed by atoms with Crippen molar-refractivity contribution in [3.63, 3.8) is 0 Å². The van der Waals surface area contributed by atoms with Gasteiger partial charge >= 0.3 is 19.8 Å². The number of ether oxygens (including phenoxy) is 2. The normalized spacial score (nSPS) is 20.9. The van der Waals surface area contributed by atoms with Gasteiger partial charge in [-0.1, -0.05) is 125 Å². The summed E-state index contributed by atoms with van der Waals surface area (Å²) in [7, 11) is 1.27. The number of unbranched alkanes of at least 4 members (excludes halogenated alkanes) is 8. The summed E-state index contributed by atoms with van der Waals surface area (Å²) in [4.78, 5) is 35.7. The van der Waals surface area contributed by atoms with Gasteiger partial charge in [0, 0.05) is 18.8 Å². The van der Waals surface area contributed by atoms with Gasteiger partial charge in [0.05, 0.1) is 52.5 Å². The molecule has 13 heteroatoms. The predicted octanol–water partition coefficient (Wildman–Crippen LogP) is 9.40. The third kappa shape index (κ3) is 31.8. The minimum atomic E-state index is -4.47. The highest BCUT2D eigenvalue weighted by molar-refractivity contribution is 7.47. The minimum Gasteiger partial charge on any atom is -0.461 e. The van der Waals surface area contributed by atoms with Crippen LogP contribution in [0.5, 0.6) is 0 Å². The Balaban J connectivity index is 2.55. The molecule has 1 saturated carbocycles. The number of aliphatic hydroxyl groups is 3. The zero-order valence-electron chi connectivity index (χ0n) is 38.2. The van der Waals surface area contributed by atoms with Crippen LogP contribution in [0.15, 0.2) is 72.9 Å². The maximum Gasteiger partial charge on any atom is 0.472 e. The standard InChI is InChI=1S/C48H82NO11P/c1-6-8-10-11-12-13-14-15-16-17-18-19-20-21-22-23-24-25-27-33-48(54)60-42(40-59-61(55,56)58-37-36-49(3,4)5)39-57-47(53)32-29-28-31-43-44(46(52)38-45(43)51)35-34-41(50)30-26-9-7-2/h12-13,15-16,18-19,21-22,28-29,34-35,41-46,50-52H,6-11,14,17,20,23-27,30-33,36-40H2,1-5H3/p+1/b13-12-,16-15-,19-18-,22-21-,29-28-,35-34+/t41-,42-,43+,44-,45+,46-/m1/s1. The number of hydrogen-bond donors (Lipinski definition) is 4. The molecule has 1 aliphatic carbocycles. The van der Waals surface area contributed by atoms with Crippen LogP contribution in [0.25, 0.3) is 0 Å². The van der Waals surface area contributed by atoms with E-state index in [1.807, 2.05) is 21.1 Å². The van der Waals surface area contributed by atoms with E-state index in [1.165, 1.54) is 25.7 Å². The van der Waals surface area contributed by atoms with Crippen LogP contribution in [0, 0.1) is 11.8 Å². The topological polar surface area (TPSA) is 169 Å². The van der Waals surface area contributed by atoms with Crippen molar-refractivity contribution in [2.45, 2.75) is 160 Å². The number of phosphoric acid groups is 1. The number of carbonyl (C=O) groups is 2. The highest BCUT2D eigenvalue weighted by atomic mass is 31.2. The molecule has 0 aromatic carbocycles. The number of carbonyl (C=O) groups excluding carboxylic acids is 2. The monoisotopic (exact) mass is 881 g/mol. The lowest BCUT2D eigenvalue weighted by molar-refractivity contribution is -0.870. The molecule has 0 radical (unpaired) electrons. The fraction of sp³-hybridized carbons (Fsp3) is 0.708. The largest absolute Gasteiger partial charge is 0.472 e. The second-order valence-corrected chi connectivity index (χ2v) is 18.5.